The van der Waals surface area contributed by atoms with Crippen LogP contribution in [0.2, 0.25) is 0 Å². The van der Waals surface area contributed by atoms with Gasteiger partial charge in [-0.2, -0.15) is 4.57 Å². The summed E-state index contributed by atoms with van der Waals surface area (Å²) < 4.78 is 7.40. The molecule has 0 N–H and O–H groups in total. The zero-order valence-corrected chi connectivity index (χ0v) is 9.66. The van der Waals surface area contributed by atoms with E-state index in [1.165, 1.54) is 10.9 Å². The Morgan fingerprint density at radius 3 is 2.73 bits per heavy atom. The molecule has 0 saturated heterocycles. The molecule has 0 aliphatic rings. The van der Waals surface area contributed by atoms with E-state index in [1.807, 2.05) is 6.07 Å². The molecule has 1 aromatic carbocycles. The minimum Gasteiger partial charge on any atom is -1.00 e. The number of halogens is 1. The second-order valence-corrected chi connectivity index (χ2v) is 3.22. The summed E-state index contributed by atoms with van der Waals surface area (Å²) in [5.41, 5.74) is 1.25. The van der Waals surface area contributed by atoms with E-state index < -0.39 is 0 Å². The van der Waals surface area contributed by atoms with E-state index in [2.05, 4.69) is 42.0 Å². The number of benzene rings is 1. The van der Waals surface area contributed by atoms with E-state index in [4.69, 9.17) is 4.74 Å². The molecule has 0 atom stereocenters. The number of ether oxygens (including phenoxy) is 1. The third-order valence-corrected chi connectivity index (χ3v) is 2.43. The maximum atomic E-state index is 5.19. The molecule has 0 amide bonds. The number of aryl methyl sites for hydroxylation is 1. The third kappa shape index (κ3) is 2.21. The van der Waals surface area contributed by atoms with Gasteiger partial charge in [-0.1, -0.05) is 0 Å². The lowest BCUT2D eigenvalue weighted by molar-refractivity contribution is -0.667. The highest BCUT2D eigenvalue weighted by Crippen LogP contribution is 2.17. The van der Waals surface area contributed by atoms with Gasteiger partial charge in [0, 0.05) is 12.1 Å². The molecule has 0 spiro atoms. The van der Waals surface area contributed by atoms with Crippen molar-refractivity contribution in [3.63, 3.8) is 0 Å². The summed E-state index contributed by atoms with van der Waals surface area (Å²) in [6.45, 7) is 3.13. The largest absolute Gasteiger partial charge is 1.00 e. The second kappa shape index (κ2) is 4.99. The molecule has 0 saturated carbocycles. The number of hydrogen-bond donors (Lipinski definition) is 0. The first-order valence-corrected chi connectivity index (χ1v) is 4.81. The second-order valence-electron chi connectivity index (χ2n) is 3.22. The predicted molar refractivity (Wildman–Crippen MR) is 56.4 cm³/mol. The van der Waals surface area contributed by atoms with Crippen LogP contribution in [-0.2, 0) is 6.54 Å². The van der Waals surface area contributed by atoms with Crippen molar-refractivity contribution in [3.05, 3.63) is 36.5 Å². The van der Waals surface area contributed by atoms with Crippen LogP contribution in [0.1, 0.15) is 6.92 Å². The SMILES string of the molecule is CC[n+]1cccc2cc(OC)ccc21.[Cl-]. The van der Waals surface area contributed by atoms with E-state index in [0.29, 0.717) is 0 Å². The Labute approximate surface area is 95.9 Å². The molecule has 1 heterocycles. The van der Waals surface area contributed by atoms with Crippen LogP contribution in [-0.4, -0.2) is 7.11 Å². The summed E-state index contributed by atoms with van der Waals surface area (Å²) >= 11 is 0. The lowest BCUT2D eigenvalue weighted by Crippen LogP contribution is -3.00. The Balaban J connectivity index is 0.00000112. The molecule has 0 radical (unpaired) electrons. The average molecular weight is 224 g/mol. The number of methoxy groups -OCH3 is 1. The van der Waals surface area contributed by atoms with Crippen LogP contribution in [0, 0.1) is 0 Å². The van der Waals surface area contributed by atoms with Crippen LogP contribution in [0.5, 0.6) is 5.75 Å². The fraction of sp³-hybridized carbons (Fsp3) is 0.250. The van der Waals surface area contributed by atoms with Gasteiger partial charge in [0.2, 0.25) is 5.52 Å². The number of fused-ring (bicyclic) bond motifs is 1. The quantitative estimate of drug-likeness (QED) is 0.606. The van der Waals surface area contributed by atoms with Gasteiger partial charge in [0.25, 0.3) is 0 Å². The van der Waals surface area contributed by atoms with Gasteiger partial charge in [0.1, 0.15) is 12.3 Å². The molecule has 0 fully saturated rings. The lowest BCUT2D eigenvalue weighted by atomic mass is 10.2. The Morgan fingerprint density at radius 1 is 1.27 bits per heavy atom. The maximum Gasteiger partial charge on any atom is 0.212 e. The molecule has 0 aliphatic heterocycles. The van der Waals surface area contributed by atoms with Crippen LogP contribution in [0.4, 0.5) is 0 Å². The van der Waals surface area contributed by atoms with Crippen molar-refractivity contribution in [1.82, 2.24) is 0 Å². The van der Waals surface area contributed by atoms with Crippen molar-refractivity contribution < 1.29 is 21.7 Å². The predicted octanol–water partition coefficient (Wildman–Crippen LogP) is -0.840. The highest BCUT2D eigenvalue weighted by atomic mass is 35.5. The van der Waals surface area contributed by atoms with E-state index in [9.17, 15) is 0 Å². The number of nitrogens with zero attached hydrogens (tertiary/aromatic N) is 1. The van der Waals surface area contributed by atoms with Gasteiger partial charge >= 0.3 is 0 Å². The Kier molecular flexibility index (Phi) is 3.92. The highest BCUT2D eigenvalue weighted by Gasteiger charge is 2.05. The zero-order chi connectivity index (χ0) is 9.97. The van der Waals surface area contributed by atoms with Crippen LogP contribution in [0.15, 0.2) is 36.5 Å². The van der Waals surface area contributed by atoms with E-state index in [0.717, 1.165) is 12.3 Å². The fourth-order valence-corrected chi connectivity index (χ4v) is 1.66. The van der Waals surface area contributed by atoms with Crippen molar-refractivity contribution in [3.8, 4) is 5.75 Å². The monoisotopic (exact) mass is 223 g/mol. The summed E-state index contributed by atoms with van der Waals surface area (Å²) in [4.78, 5) is 0. The van der Waals surface area contributed by atoms with Crippen molar-refractivity contribution in [1.29, 1.82) is 0 Å². The summed E-state index contributed by atoms with van der Waals surface area (Å²) in [7, 11) is 1.69. The van der Waals surface area contributed by atoms with E-state index >= 15 is 0 Å². The number of aromatic nitrogens is 1. The maximum absolute atomic E-state index is 5.19. The number of hydrogen-bond acceptors (Lipinski definition) is 1. The van der Waals surface area contributed by atoms with Crippen molar-refractivity contribution in [2.24, 2.45) is 0 Å². The minimum atomic E-state index is 0. The Morgan fingerprint density at radius 2 is 2.07 bits per heavy atom. The molecule has 0 bridgehead atoms. The first kappa shape index (κ1) is 11.8. The molecule has 3 heteroatoms. The molecule has 0 unspecified atom stereocenters. The van der Waals surface area contributed by atoms with Crippen molar-refractivity contribution in [2.75, 3.05) is 7.11 Å². The smallest absolute Gasteiger partial charge is 0.212 e. The number of pyridine rings is 1. The standard InChI is InChI=1S/C12H14NO.ClH/c1-3-13-8-4-5-10-9-11(14-2)6-7-12(10)13;/h4-9H,3H2,1-2H3;1H/q+1;/p-1. The van der Waals surface area contributed by atoms with Crippen molar-refractivity contribution in [2.45, 2.75) is 13.5 Å². The van der Waals surface area contributed by atoms with Gasteiger partial charge < -0.3 is 17.1 Å². The van der Waals surface area contributed by atoms with Gasteiger partial charge in [-0.3, -0.25) is 0 Å². The van der Waals surface area contributed by atoms with Gasteiger partial charge in [-0.15, -0.1) is 0 Å². The normalized spacial score (nSPS) is 9.73. The molecule has 2 rings (SSSR count). The van der Waals surface area contributed by atoms with Crippen LogP contribution in [0.25, 0.3) is 10.9 Å². The molecule has 0 aliphatic carbocycles. The molecule has 2 nitrogen and oxygen atoms in total. The van der Waals surface area contributed by atoms with Gasteiger partial charge in [0.05, 0.1) is 12.5 Å². The molecule has 80 valence electrons. The Hall–Kier alpha value is -1.28. The van der Waals surface area contributed by atoms with Crippen LogP contribution in [0.3, 0.4) is 0 Å². The number of rotatable bonds is 2. The zero-order valence-electron chi connectivity index (χ0n) is 8.90. The molecule has 2 aromatic rings. The summed E-state index contributed by atoms with van der Waals surface area (Å²) in [5.74, 6) is 0.909. The van der Waals surface area contributed by atoms with Crippen molar-refractivity contribution >= 4 is 10.9 Å². The summed E-state index contributed by atoms with van der Waals surface area (Å²) in [6, 6.07) is 10.3. The van der Waals surface area contributed by atoms with E-state index in [-0.39, 0.29) is 12.4 Å². The molecular formula is C12H14ClNO. The molecule has 1 aromatic heterocycles. The van der Waals surface area contributed by atoms with E-state index in [1.54, 1.807) is 7.11 Å². The van der Waals surface area contributed by atoms with Crippen LogP contribution >= 0.6 is 0 Å². The minimum absolute atomic E-state index is 0. The average Bonchev–Trinajstić information content (AvgIpc) is 2.27. The lowest BCUT2D eigenvalue weighted by Gasteiger charge is -2.01. The topological polar surface area (TPSA) is 13.1 Å². The summed E-state index contributed by atoms with van der Waals surface area (Å²) in [5, 5.41) is 1.22. The van der Waals surface area contributed by atoms with Gasteiger partial charge in [-0.05, 0) is 25.1 Å². The summed E-state index contributed by atoms with van der Waals surface area (Å²) in [6.07, 6.45) is 2.09. The van der Waals surface area contributed by atoms with Gasteiger partial charge in [-0.25, -0.2) is 0 Å². The highest BCUT2D eigenvalue weighted by molar-refractivity contribution is 5.77. The molecule has 15 heavy (non-hydrogen) atoms. The molecular weight excluding hydrogens is 210 g/mol. The first-order chi connectivity index (χ1) is 6.85. The Bertz CT molecular complexity index is 456. The van der Waals surface area contributed by atoms with Crippen LogP contribution < -0.4 is 21.7 Å². The third-order valence-electron chi connectivity index (χ3n) is 2.43. The first-order valence-electron chi connectivity index (χ1n) is 4.81. The van der Waals surface area contributed by atoms with Gasteiger partial charge in [0.15, 0.2) is 6.20 Å². The fourth-order valence-electron chi connectivity index (χ4n) is 1.66.